The first-order chi connectivity index (χ1) is 10.5. The van der Waals surface area contributed by atoms with Crippen LogP contribution in [-0.2, 0) is 14.3 Å². The number of carbonyl (C=O) groups is 3. The van der Waals surface area contributed by atoms with Crippen LogP contribution in [-0.4, -0.2) is 40.2 Å². The van der Waals surface area contributed by atoms with Crippen LogP contribution in [0.25, 0.3) is 0 Å². The number of thiazole rings is 1. The Morgan fingerprint density at radius 3 is 2.91 bits per heavy atom. The van der Waals surface area contributed by atoms with Crippen LogP contribution >= 0.6 is 23.1 Å². The Balaban J connectivity index is 1.88. The van der Waals surface area contributed by atoms with E-state index < -0.39 is 5.97 Å². The fraction of sp³-hybridized carbons (Fsp3) is 0.571. The second-order valence-electron chi connectivity index (χ2n) is 5.13. The second-order valence-corrected chi connectivity index (χ2v) is 7.33. The molecular weight excluding hydrogens is 326 g/mol. The molecule has 1 fully saturated rings. The van der Waals surface area contributed by atoms with Crippen LogP contribution in [0.4, 0.5) is 0 Å². The molecule has 1 saturated carbocycles. The van der Waals surface area contributed by atoms with Crippen molar-refractivity contribution in [2.24, 2.45) is 11.8 Å². The fourth-order valence-corrected chi connectivity index (χ4v) is 4.60. The summed E-state index contributed by atoms with van der Waals surface area (Å²) in [6.45, 7) is 1.38. The van der Waals surface area contributed by atoms with Crippen LogP contribution in [0.5, 0.6) is 0 Å². The van der Waals surface area contributed by atoms with Gasteiger partial charge in [0.05, 0.1) is 0 Å². The lowest BCUT2D eigenvalue weighted by atomic mass is 9.93. The summed E-state index contributed by atoms with van der Waals surface area (Å²) in [6.07, 6.45) is 2.95. The zero-order valence-electron chi connectivity index (χ0n) is 12.1. The Labute approximate surface area is 136 Å². The van der Waals surface area contributed by atoms with E-state index in [1.165, 1.54) is 35.4 Å². The monoisotopic (exact) mass is 343 g/mol. The molecule has 0 aromatic carbocycles. The van der Waals surface area contributed by atoms with Crippen molar-refractivity contribution in [3.63, 3.8) is 0 Å². The lowest BCUT2D eigenvalue weighted by Crippen LogP contribution is -2.25. The minimum absolute atomic E-state index is 0.0350. The van der Waals surface area contributed by atoms with Crippen LogP contribution in [0.3, 0.4) is 0 Å². The maximum atomic E-state index is 11.1. The number of hydrogen-bond acceptors (Lipinski definition) is 7. The summed E-state index contributed by atoms with van der Waals surface area (Å²) in [4.78, 5) is 37.0. The summed E-state index contributed by atoms with van der Waals surface area (Å²) in [5.74, 6) is -0.682. The number of nitrogens with zero attached hydrogens (tertiary/aromatic N) is 1. The van der Waals surface area contributed by atoms with E-state index in [9.17, 15) is 14.4 Å². The van der Waals surface area contributed by atoms with Crippen LogP contribution in [0.1, 0.15) is 36.7 Å². The number of carbonyl (C=O) groups excluding carboxylic acids is 2. The molecule has 0 saturated heterocycles. The summed E-state index contributed by atoms with van der Waals surface area (Å²) < 4.78 is 5.99. The number of aromatic carboxylic acids is 1. The lowest BCUT2D eigenvalue weighted by Gasteiger charge is -2.21. The van der Waals surface area contributed by atoms with Gasteiger partial charge in [-0.3, -0.25) is 4.79 Å². The standard InChI is InChI=1S/C14H17NO5S2/c1-8(17)20-12-3-2-9(6-16)10(12)4-5-21-14-15-11(7-22-14)13(18)19/h6-7,9-10,12H,2-5H2,1H3,(H,18,19)/t9-,10-,12+/m1/s1. The van der Waals surface area contributed by atoms with Crippen molar-refractivity contribution in [1.82, 2.24) is 4.98 Å². The fourth-order valence-electron chi connectivity index (χ4n) is 2.69. The molecule has 8 heteroatoms. The quantitative estimate of drug-likeness (QED) is 0.462. The van der Waals surface area contributed by atoms with E-state index in [0.717, 1.165) is 25.5 Å². The van der Waals surface area contributed by atoms with E-state index in [4.69, 9.17) is 9.84 Å². The molecule has 0 spiro atoms. The Bertz CT molecular complexity index is 559. The van der Waals surface area contributed by atoms with Gasteiger partial charge in [-0.1, -0.05) is 11.8 Å². The lowest BCUT2D eigenvalue weighted by molar-refractivity contribution is -0.148. The summed E-state index contributed by atoms with van der Waals surface area (Å²) in [6, 6.07) is 0. The first-order valence-corrected chi connectivity index (χ1v) is 8.82. The van der Waals surface area contributed by atoms with Crippen molar-refractivity contribution >= 4 is 41.3 Å². The molecule has 1 N–H and O–H groups in total. The Kier molecular flexibility index (Phi) is 5.96. The number of rotatable bonds is 7. The number of aldehydes is 1. The maximum Gasteiger partial charge on any atom is 0.355 e. The van der Waals surface area contributed by atoms with Crippen LogP contribution in [0, 0.1) is 11.8 Å². The van der Waals surface area contributed by atoms with Gasteiger partial charge < -0.3 is 14.6 Å². The van der Waals surface area contributed by atoms with Gasteiger partial charge in [-0.2, -0.15) is 0 Å². The molecule has 120 valence electrons. The van der Waals surface area contributed by atoms with Gasteiger partial charge in [0.15, 0.2) is 10.0 Å². The van der Waals surface area contributed by atoms with Crippen molar-refractivity contribution in [3.05, 3.63) is 11.1 Å². The minimum Gasteiger partial charge on any atom is -0.476 e. The van der Waals surface area contributed by atoms with Crippen LogP contribution < -0.4 is 0 Å². The highest BCUT2D eigenvalue weighted by atomic mass is 32.2. The molecule has 1 aromatic heterocycles. The average Bonchev–Trinajstić information content (AvgIpc) is 3.06. The largest absolute Gasteiger partial charge is 0.476 e. The number of esters is 1. The number of hydrogen-bond donors (Lipinski definition) is 1. The van der Waals surface area contributed by atoms with Crippen molar-refractivity contribution in [1.29, 1.82) is 0 Å². The van der Waals surface area contributed by atoms with Gasteiger partial charge in [0.2, 0.25) is 0 Å². The third-order valence-corrected chi connectivity index (χ3v) is 5.74. The molecule has 1 heterocycles. The van der Waals surface area contributed by atoms with Crippen molar-refractivity contribution in [2.75, 3.05) is 5.75 Å². The summed E-state index contributed by atoms with van der Waals surface area (Å²) in [7, 11) is 0. The molecular formula is C14H17NO5S2. The molecule has 6 nitrogen and oxygen atoms in total. The average molecular weight is 343 g/mol. The van der Waals surface area contributed by atoms with E-state index in [1.54, 1.807) is 0 Å². The normalized spacial score (nSPS) is 24.1. The molecule has 0 radical (unpaired) electrons. The highest BCUT2D eigenvalue weighted by molar-refractivity contribution is 8.01. The van der Waals surface area contributed by atoms with Gasteiger partial charge in [0.25, 0.3) is 0 Å². The smallest absolute Gasteiger partial charge is 0.355 e. The first-order valence-electron chi connectivity index (χ1n) is 6.95. The van der Waals surface area contributed by atoms with E-state index in [-0.39, 0.29) is 29.6 Å². The molecule has 0 bridgehead atoms. The minimum atomic E-state index is -1.03. The van der Waals surface area contributed by atoms with Gasteiger partial charge in [-0.05, 0) is 19.3 Å². The van der Waals surface area contributed by atoms with Gasteiger partial charge in [-0.15, -0.1) is 11.3 Å². The topological polar surface area (TPSA) is 93.6 Å². The highest BCUT2D eigenvalue weighted by Crippen LogP contribution is 2.37. The van der Waals surface area contributed by atoms with Crippen molar-refractivity contribution in [3.8, 4) is 0 Å². The molecule has 1 aliphatic carbocycles. The predicted octanol–water partition coefficient (Wildman–Crippen LogP) is 2.48. The van der Waals surface area contributed by atoms with Crippen LogP contribution in [0.2, 0.25) is 0 Å². The number of carboxylic acid groups (broad SMARTS) is 1. The maximum absolute atomic E-state index is 11.1. The number of thioether (sulfide) groups is 1. The van der Waals surface area contributed by atoms with E-state index in [2.05, 4.69) is 4.98 Å². The molecule has 1 aliphatic rings. The Hall–Kier alpha value is -1.41. The summed E-state index contributed by atoms with van der Waals surface area (Å²) in [5.41, 5.74) is 0.0527. The first kappa shape index (κ1) is 17.0. The van der Waals surface area contributed by atoms with Gasteiger partial charge >= 0.3 is 11.9 Å². The number of aromatic nitrogens is 1. The van der Waals surface area contributed by atoms with Crippen molar-refractivity contribution < 1.29 is 24.2 Å². The zero-order valence-corrected chi connectivity index (χ0v) is 13.7. The second kappa shape index (κ2) is 7.73. The third-order valence-electron chi connectivity index (χ3n) is 3.68. The summed E-state index contributed by atoms with van der Waals surface area (Å²) >= 11 is 2.76. The molecule has 0 aliphatic heterocycles. The molecule has 0 unspecified atom stereocenters. The van der Waals surface area contributed by atoms with Crippen molar-refractivity contribution in [2.45, 2.75) is 36.6 Å². The molecule has 2 rings (SSSR count). The Morgan fingerprint density at radius 1 is 1.55 bits per heavy atom. The predicted molar refractivity (Wildman–Crippen MR) is 82.2 cm³/mol. The van der Waals surface area contributed by atoms with Gasteiger partial charge in [0.1, 0.15) is 12.4 Å². The Morgan fingerprint density at radius 2 is 2.32 bits per heavy atom. The van der Waals surface area contributed by atoms with Gasteiger partial charge in [-0.25, -0.2) is 9.78 Å². The van der Waals surface area contributed by atoms with E-state index >= 15 is 0 Å². The molecule has 1 aromatic rings. The molecule has 3 atom stereocenters. The highest BCUT2D eigenvalue weighted by Gasteiger charge is 2.37. The third kappa shape index (κ3) is 4.30. The molecule has 0 amide bonds. The molecule has 22 heavy (non-hydrogen) atoms. The number of ether oxygens (including phenoxy) is 1. The van der Waals surface area contributed by atoms with E-state index in [1.807, 2.05) is 0 Å². The van der Waals surface area contributed by atoms with Crippen LogP contribution in [0.15, 0.2) is 9.72 Å². The number of carboxylic acids is 1. The zero-order chi connectivity index (χ0) is 16.1. The van der Waals surface area contributed by atoms with Gasteiger partial charge in [0, 0.05) is 29.9 Å². The SMILES string of the molecule is CC(=O)O[C@H]1CC[C@H](C=O)[C@H]1CCSc1nc(C(=O)O)cs1. The summed E-state index contributed by atoms with van der Waals surface area (Å²) in [5, 5.41) is 10.3. The van der Waals surface area contributed by atoms with E-state index in [0.29, 0.717) is 10.1 Å².